The number of thiophene rings is 1. The standard InChI is InChI=1S/C14H24N2S/c1-3-14(5-7-15-8-6-14)12-16(2)10-13-4-9-17-11-13/h4,9,11,15H,3,5-8,10,12H2,1-2H3. The third-order valence-electron chi connectivity index (χ3n) is 4.05. The van der Waals surface area contributed by atoms with Crippen molar-refractivity contribution in [3.63, 3.8) is 0 Å². The number of rotatable bonds is 5. The van der Waals surface area contributed by atoms with Crippen molar-refractivity contribution in [2.24, 2.45) is 5.41 Å². The number of nitrogens with zero attached hydrogens (tertiary/aromatic N) is 1. The second-order valence-corrected chi connectivity index (χ2v) is 6.19. The first-order chi connectivity index (χ1) is 8.24. The monoisotopic (exact) mass is 252 g/mol. The van der Waals surface area contributed by atoms with Gasteiger partial charge in [-0.05, 0) is 67.2 Å². The van der Waals surface area contributed by atoms with Crippen LogP contribution < -0.4 is 5.32 Å². The van der Waals surface area contributed by atoms with E-state index in [1.54, 1.807) is 11.3 Å². The van der Waals surface area contributed by atoms with Crippen molar-refractivity contribution in [1.29, 1.82) is 0 Å². The Balaban J connectivity index is 1.89. The highest BCUT2D eigenvalue weighted by molar-refractivity contribution is 7.07. The number of piperidine rings is 1. The maximum absolute atomic E-state index is 3.48. The van der Waals surface area contributed by atoms with Gasteiger partial charge in [-0.3, -0.25) is 0 Å². The summed E-state index contributed by atoms with van der Waals surface area (Å²) < 4.78 is 0. The van der Waals surface area contributed by atoms with Crippen LogP contribution in [0.1, 0.15) is 31.7 Å². The van der Waals surface area contributed by atoms with E-state index in [4.69, 9.17) is 0 Å². The van der Waals surface area contributed by atoms with E-state index in [1.165, 1.54) is 44.5 Å². The highest BCUT2D eigenvalue weighted by atomic mass is 32.1. The fourth-order valence-electron chi connectivity index (χ4n) is 2.90. The number of hydrogen-bond donors (Lipinski definition) is 1. The highest BCUT2D eigenvalue weighted by Crippen LogP contribution is 2.33. The van der Waals surface area contributed by atoms with Crippen LogP contribution in [-0.4, -0.2) is 31.6 Å². The molecule has 1 saturated heterocycles. The Labute approximate surface area is 109 Å². The lowest BCUT2D eigenvalue weighted by atomic mass is 9.76. The van der Waals surface area contributed by atoms with Gasteiger partial charge in [0.05, 0.1) is 0 Å². The molecule has 17 heavy (non-hydrogen) atoms. The minimum Gasteiger partial charge on any atom is -0.317 e. The predicted molar refractivity (Wildman–Crippen MR) is 75.5 cm³/mol. The summed E-state index contributed by atoms with van der Waals surface area (Å²) >= 11 is 1.80. The molecule has 1 aromatic rings. The van der Waals surface area contributed by atoms with Crippen LogP contribution in [0.4, 0.5) is 0 Å². The van der Waals surface area contributed by atoms with Crippen molar-refractivity contribution in [3.8, 4) is 0 Å². The summed E-state index contributed by atoms with van der Waals surface area (Å²) in [5.74, 6) is 0. The molecular formula is C14H24N2S. The lowest BCUT2D eigenvalue weighted by Gasteiger charge is -2.39. The zero-order valence-electron chi connectivity index (χ0n) is 11.0. The topological polar surface area (TPSA) is 15.3 Å². The van der Waals surface area contributed by atoms with E-state index >= 15 is 0 Å². The third-order valence-corrected chi connectivity index (χ3v) is 4.78. The zero-order chi connectivity index (χ0) is 12.1. The highest BCUT2D eigenvalue weighted by Gasteiger charge is 2.31. The molecule has 0 saturated carbocycles. The Morgan fingerprint density at radius 3 is 2.76 bits per heavy atom. The number of hydrogen-bond acceptors (Lipinski definition) is 3. The van der Waals surface area contributed by atoms with E-state index in [0.717, 1.165) is 6.54 Å². The average molecular weight is 252 g/mol. The molecule has 0 aliphatic carbocycles. The first-order valence-corrected chi connectivity index (χ1v) is 7.59. The molecule has 1 fully saturated rings. The van der Waals surface area contributed by atoms with Crippen LogP contribution in [0.25, 0.3) is 0 Å². The smallest absolute Gasteiger partial charge is 0.0239 e. The van der Waals surface area contributed by atoms with Crippen molar-refractivity contribution < 1.29 is 0 Å². The lowest BCUT2D eigenvalue weighted by Crippen LogP contribution is -2.43. The lowest BCUT2D eigenvalue weighted by molar-refractivity contribution is 0.119. The fourth-order valence-corrected chi connectivity index (χ4v) is 3.56. The molecule has 1 N–H and O–H groups in total. The van der Waals surface area contributed by atoms with E-state index < -0.39 is 0 Å². The largest absolute Gasteiger partial charge is 0.317 e. The molecule has 3 heteroatoms. The van der Waals surface area contributed by atoms with Crippen molar-refractivity contribution >= 4 is 11.3 Å². The minimum absolute atomic E-state index is 0.552. The molecule has 0 amide bonds. The van der Waals surface area contributed by atoms with Gasteiger partial charge in [-0.15, -0.1) is 0 Å². The Morgan fingerprint density at radius 2 is 2.18 bits per heavy atom. The van der Waals surface area contributed by atoms with Crippen molar-refractivity contribution in [2.75, 3.05) is 26.7 Å². The summed E-state index contributed by atoms with van der Waals surface area (Å²) in [6.45, 7) is 7.07. The average Bonchev–Trinajstić information content (AvgIpc) is 2.83. The summed E-state index contributed by atoms with van der Waals surface area (Å²) in [6, 6.07) is 2.24. The first-order valence-electron chi connectivity index (χ1n) is 6.64. The number of nitrogens with one attached hydrogen (secondary N) is 1. The van der Waals surface area contributed by atoms with Crippen LogP contribution in [0.2, 0.25) is 0 Å². The SMILES string of the molecule is CCC1(CN(C)Cc2ccsc2)CCNCC1. The van der Waals surface area contributed by atoms with Gasteiger partial charge >= 0.3 is 0 Å². The molecule has 0 bridgehead atoms. The maximum atomic E-state index is 3.48. The minimum atomic E-state index is 0.552. The Bertz CT molecular complexity index is 315. The normalized spacial score (nSPS) is 19.7. The molecule has 0 atom stereocenters. The van der Waals surface area contributed by atoms with Gasteiger partial charge in [0.1, 0.15) is 0 Å². The summed E-state index contributed by atoms with van der Waals surface area (Å²) in [6.07, 6.45) is 3.97. The Morgan fingerprint density at radius 1 is 1.41 bits per heavy atom. The molecule has 96 valence electrons. The van der Waals surface area contributed by atoms with E-state index in [9.17, 15) is 0 Å². The van der Waals surface area contributed by atoms with Crippen molar-refractivity contribution in [3.05, 3.63) is 22.4 Å². The van der Waals surface area contributed by atoms with Crippen LogP contribution in [-0.2, 0) is 6.54 Å². The van der Waals surface area contributed by atoms with Gasteiger partial charge in [0, 0.05) is 13.1 Å². The van der Waals surface area contributed by atoms with Gasteiger partial charge in [-0.25, -0.2) is 0 Å². The van der Waals surface area contributed by atoms with E-state index in [-0.39, 0.29) is 0 Å². The van der Waals surface area contributed by atoms with Gasteiger partial charge in [0.2, 0.25) is 0 Å². The molecule has 2 rings (SSSR count). The Kier molecular flexibility index (Phi) is 4.60. The molecule has 1 aliphatic rings. The van der Waals surface area contributed by atoms with Crippen molar-refractivity contribution in [2.45, 2.75) is 32.7 Å². The van der Waals surface area contributed by atoms with Crippen LogP contribution in [0, 0.1) is 5.41 Å². The molecule has 2 nitrogen and oxygen atoms in total. The molecule has 0 unspecified atom stereocenters. The first kappa shape index (κ1) is 13.1. The van der Waals surface area contributed by atoms with Gasteiger partial charge < -0.3 is 10.2 Å². The molecule has 1 aromatic heterocycles. The predicted octanol–water partition coefficient (Wildman–Crippen LogP) is 2.96. The maximum Gasteiger partial charge on any atom is 0.0239 e. The van der Waals surface area contributed by atoms with Gasteiger partial charge in [0.25, 0.3) is 0 Å². The van der Waals surface area contributed by atoms with E-state index in [1.807, 2.05) is 0 Å². The van der Waals surface area contributed by atoms with Crippen LogP contribution in [0.5, 0.6) is 0 Å². The molecule has 0 spiro atoms. The van der Waals surface area contributed by atoms with Gasteiger partial charge in [-0.1, -0.05) is 6.92 Å². The summed E-state index contributed by atoms with van der Waals surface area (Å²) in [4.78, 5) is 2.50. The van der Waals surface area contributed by atoms with E-state index in [0.29, 0.717) is 5.41 Å². The molecular weight excluding hydrogens is 228 g/mol. The van der Waals surface area contributed by atoms with E-state index in [2.05, 4.69) is 41.0 Å². The zero-order valence-corrected chi connectivity index (χ0v) is 11.9. The quantitative estimate of drug-likeness (QED) is 0.867. The molecule has 2 heterocycles. The third kappa shape index (κ3) is 3.54. The fraction of sp³-hybridized carbons (Fsp3) is 0.714. The molecule has 1 aliphatic heterocycles. The molecule has 0 radical (unpaired) electrons. The second kappa shape index (κ2) is 5.98. The van der Waals surface area contributed by atoms with Crippen LogP contribution in [0.3, 0.4) is 0 Å². The molecule has 0 aromatic carbocycles. The summed E-state index contributed by atoms with van der Waals surface area (Å²) in [5, 5.41) is 7.91. The Hall–Kier alpha value is -0.380. The van der Waals surface area contributed by atoms with Crippen LogP contribution in [0.15, 0.2) is 16.8 Å². The van der Waals surface area contributed by atoms with Crippen molar-refractivity contribution in [1.82, 2.24) is 10.2 Å². The summed E-state index contributed by atoms with van der Waals surface area (Å²) in [7, 11) is 2.26. The van der Waals surface area contributed by atoms with Gasteiger partial charge in [-0.2, -0.15) is 11.3 Å². The van der Waals surface area contributed by atoms with Gasteiger partial charge in [0.15, 0.2) is 0 Å². The second-order valence-electron chi connectivity index (χ2n) is 5.41. The van der Waals surface area contributed by atoms with Crippen LogP contribution >= 0.6 is 11.3 Å². The summed E-state index contributed by atoms with van der Waals surface area (Å²) in [5.41, 5.74) is 2.01.